The highest BCUT2D eigenvalue weighted by molar-refractivity contribution is 5.87. The topological polar surface area (TPSA) is 12.0 Å². The van der Waals surface area contributed by atoms with Crippen molar-refractivity contribution in [3.05, 3.63) is 156 Å². The largest absolute Gasteiger partial charge is 0.355 e. The molecule has 0 aromatic heterocycles. The molecule has 1 heterocycles. The Bertz CT molecular complexity index is 1950. The van der Waals surface area contributed by atoms with Crippen LogP contribution in [0.25, 0.3) is 44.5 Å². The smallest absolute Gasteiger partial charge is 0.0429 e. The maximum Gasteiger partial charge on any atom is 0.0429 e. The van der Waals surface area contributed by atoms with Crippen molar-refractivity contribution in [3.63, 3.8) is 0 Å². The van der Waals surface area contributed by atoms with Gasteiger partial charge in [-0.05, 0) is 105 Å². The van der Waals surface area contributed by atoms with Gasteiger partial charge in [0, 0.05) is 16.8 Å². The van der Waals surface area contributed by atoms with Crippen LogP contribution in [0.4, 0.5) is 11.4 Å². The van der Waals surface area contributed by atoms with E-state index in [0.717, 1.165) is 0 Å². The zero-order chi connectivity index (χ0) is 27.7. The summed E-state index contributed by atoms with van der Waals surface area (Å²) in [7, 11) is 0. The fraction of sp³-hybridized carbons (Fsp3) is 0.122. The Morgan fingerprint density at radius 3 is 1.67 bits per heavy atom. The van der Waals surface area contributed by atoms with Crippen molar-refractivity contribution in [1.82, 2.24) is 0 Å². The lowest BCUT2D eigenvalue weighted by molar-refractivity contribution is 0.548. The highest BCUT2D eigenvalue weighted by atomic mass is 14.9. The fourth-order valence-corrected chi connectivity index (χ4v) is 8.15. The van der Waals surface area contributed by atoms with Crippen molar-refractivity contribution in [1.29, 1.82) is 0 Å². The second kappa shape index (κ2) is 9.06. The molecule has 2 atom stereocenters. The molecule has 6 aromatic rings. The second-order valence-electron chi connectivity index (χ2n) is 12.2. The first-order chi connectivity index (χ1) is 20.8. The van der Waals surface area contributed by atoms with E-state index in [2.05, 4.69) is 145 Å². The van der Waals surface area contributed by atoms with Crippen molar-refractivity contribution < 1.29 is 0 Å². The van der Waals surface area contributed by atoms with Crippen molar-refractivity contribution >= 4 is 11.4 Å². The summed E-state index contributed by atoms with van der Waals surface area (Å²) < 4.78 is 0. The molecule has 1 N–H and O–H groups in total. The van der Waals surface area contributed by atoms with Crippen LogP contribution in [0, 0.1) is 0 Å². The average molecular weight is 538 g/mol. The Labute approximate surface area is 247 Å². The molecule has 42 heavy (non-hydrogen) atoms. The predicted molar refractivity (Wildman–Crippen MR) is 175 cm³/mol. The summed E-state index contributed by atoms with van der Waals surface area (Å²) >= 11 is 0. The van der Waals surface area contributed by atoms with Crippen molar-refractivity contribution in [3.8, 4) is 44.5 Å². The molecule has 3 aliphatic rings. The molecule has 1 aliphatic heterocycles. The summed E-state index contributed by atoms with van der Waals surface area (Å²) in [4.78, 5) is 0. The number of nitrogens with one attached hydrogen (secondary N) is 1. The molecule has 1 heteroatoms. The summed E-state index contributed by atoms with van der Waals surface area (Å²) in [5, 5.41) is 3.85. The first-order valence-corrected chi connectivity index (χ1v) is 15.2. The summed E-state index contributed by atoms with van der Waals surface area (Å²) in [6, 6.07) is 51.4. The summed E-state index contributed by atoms with van der Waals surface area (Å²) in [5.41, 5.74) is 17.7. The lowest BCUT2D eigenvalue weighted by Crippen LogP contribution is -2.29. The van der Waals surface area contributed by atoms with Gasteiger partial charge in [-0.2, -0.15) is 0 Å². The molecular weight excluding hydrogens is 506 g/mol. The minimum atomic E-state index is 0.107. The van der Waals surface area contributed by atoms with Crippen molar-refractivity contribution in [2.24, 2.45) is 0 Å². The zero-order valence-corrected chi connectivity index (χ0v) is 23.5. The van der Waals surface area contributed by atoms with E-state index in [1.165, 1.54) is 80.7 Å². The van der Waals surface area contributed by atoms with Crippen LogP contribution in [0.3, 0.4) is 0 Å². The number of benzene rings is 6. The Balaban J connectivity index is 1.11. The minimum Gasteiger partial charge on any atom is -0.355 e. The highest BCUT2D eigenvalue weighted by Crippen LogP contribution is 2.67. The number of anilines is 2. The lowest BCUT2D eigenvalue weighted by Gasteiger charge is -2.39. The number of hydrogen-bond donors (Lipinski definition) is 1. The Morgan fingerprint density at radius 2 is 1.02 bits per heavy atom. The van der Waals surface area contributed by atoms with E-state index in [-0.39, 0.29) is 5.41 Å². The first-order valence-electron chi connectivity index (χ1n) is 15.2. The molecule has 6 aromatic carbocycles. The molecule has 0 amide bonds. The molecule has 9 rings (SSSR count). The maximum absolute atomic E-state index is 3.85. The van der Waals surface area contributed by atoms with Gasteiger partial charge in [-0.25, -0.2) is 0 Å². The van der Waals surface area contributed by atoms with E-state index in [1.807, 2.05) is 0 Å². The van der Waals surface area contributed by atoms with E-state index < -0.39 is 0 Å². The second-order valence-corrected chi connectivity index (χ2v) is 12.2. The molecule has 1 fully saturated rings. The third-order valence-corrected chi connectivity index (χ3v) is 10.1. The quantitative estimate of drug-likeness (QED) is 0.236. The van der Waals surface area contributed by atoms with Gasteiger partial charge >= 0.3 is 0 Å². The van der Waals surface area contributed by atoms with Gasteiger partial charge in [0.25, 0.3) is 0 Å². The molecule has 2 bridgehead atoms. The van der Waals surface area contributed by atoms with Crippen molar-refractivity contribution in [2.45, 2.75) is 30.6 Å². The van der Waals surface area contributed by atoms with E-state index in [4.69, 9.17) is 0 Å². The lowest BCUT2D eigenvalue weighted by atomic mass is 9.69. The Morgan fingerprint density at radius 1 is 0.500 bits per heavy atom. The molecule has 1 saturated carbocycles. The number of hydrogen-bond acceptors (Lipinski definition) is 1. The van der Waals surface area contributed by atoms with E-state index in [0.29, 0.717) is 5.92 Å². The molecule has 1 spiro atoms. The summed E-state index contributed by atoms with van der Waals surface area (Å²) in [6.45, 7) is 0. The third-order valence-electron chi connectivity index (χ3n) is 10.1. The van der Waals surface area contributed by atoms with Gasteiger partial charge in [-0.3, -0.25) is 0 Å². The molecule has 2 aliphatic carbocycles. The molecule has 2 unspecified atom stereocenters. The normalized spacial score (nSPS) is 19.2. The monoisotopic (exact) mass is 537 g/mol. The molecular formula is C41H31N. The summed E-state index contributed by atoms with van der Waals surface area (Å²) in [6.07, 6.45) is 3.72. The number of fused-ring (bicyclic) bond motifs is 3. The van der Waals surface area contributed by atoms with Crippen LogP contribution in [0.2, 0.25) is 0 Å². The predicted octanol–water partition coefficient (Wildman–Crippen LogP) is 11.0. The number of rotatable bonds is 4. The molecule has 0 saturated heterocycles. The van der Waals surface area contributed by atoms with Crippen LogP contribution in [0.5, 0.6) is 0 Å². The van der Waals surface area contributed by atoms with Crippen LogP contribution in [-0.2, 0) is 5.41 Å². The van der Waals surface area contributed by atoms with Gasteiger partial charge in [0.15, 0.2) is 0 Å². The van der Waals surface area contributed by atoms with Crippen LogP contribution < -0.4 is 5.32 Å². The van der Waals surface area contributed by atoms with Gasteiger partial charge in [0.05, 0.1) is 0 Å². The van der Waals surface area contributed by atoms with Gasteiger partial charge in [0.1, 0.15) is 0 Å². The van der Waals surface area contributed by atoms with E-state index in [1.54, 1.807) is 11.1 Å². The van der Waals surface area contributed by atoms with Crippen LogP contribution in [0.15, 0.2) is 140 Å². The van der Waals surface area contributed by atoms with E-state index in [9.17, 15) is 0 Å². The SMILES string of the molecule is c1ccc(-c2ccc(-c3ccc4c(c3)C35CCC(C3)c3c(-c6ccc(-c7ccccc7)cc6)ccc(c35)N4)cc2)cc1. The van der Waals surface area contributed by atoms with Crippen LogP contribution >= 0.6 is 0 Å². The van der Waals surface area contributed by atoms with Crippen LogP contribution in [-0.4, -0.2) is 0 Å². The fourth-order valence-electron chi connectivity index (χ4n) is 8.15. The Kier molecular flexibility index (Phi) is 5.13. The van der Waals surface area contributed by atoms with Crippen molar-refractivity contribution in [2.75, 3.05) is 5.32 Å². The minimum absolute atomic E-state index is 0.107. The highest BCUT2D eigenvalue weighted by Gasteiger charge is 2.54. The average Bonchev–Trinajstić information content (AvgIpc) is 3.65. The standard InChI is InChI=1S/C41H31N/c1-3-7-27(8-4-1)29-11-13-31(14-12-29)33-19-21-37-36(25-33)41-24-23-34(26-41)39-35(20-22-38(42-37)40(39)41)32-17-15-30(16-18-32)28-9-5-2-6-10-28/h1-22,25,34,42H,23-24,26H2. The van der Waals surface area contributed by atoms with Gasteiger partial charge in [-0.1, -0.05) is 121 Å². The van der Waals surface area contributed by atoms with Gasteiger partial charge < -0.3 is 5.32 Å². The summed E-state index contributed by atoms with van der Waals surface area (Å²) in [5.74, 6) is 0.616. The molecule has 200 valence electrons. The molecule has 1 nitrogen and oxygen atoms in total. The maximum atomic E-state index is 3.85. The molecule has 0 radical (unpaired) electrons. The first kappa shape index (κ1) is 23.8. The van der Waals surface area contributed by atoms with Gasteiger partial charge in [0.2, 0.25) is 0 Å². The van der Waals surface area contributed by atoms with E-state index >= 15 is 0 Å². The Hall–Kier alpha value is -4.88. The third kappa shape index (κ3) is 3.50. The van der Waals surface area contributed by atoms with Gasteiger partial charge in [-0.15, -0.1) is 0 Å². The zero-order valence-electron chi connectivity index (χ0n) is 23.5. The van der Waals surface area contributed by atoms with Crippen LogP contribution in [0.1, 0.15) is 41.9 Å².